The normalized spacial score (nSPS) is 20.4. The maximum absolute atomic E-state index is 10.5. The molecule has 21 heavy (non-hydrogen) atoms. The molecule has 1 aliphatic heterocycles. The van der Waals surface area contributed by atoms with E-state index in [0.717, 1.165) is 24.8 Å². The molecule has 0 bridgehead atoms. The van der Waals surface area contributed by atoms with Gasteiger partial charge in [-0.2, -0.15) is 0 Å². The van der Waals surface area contributed by atoms with Crippen LogP contribution in [-0.4, -0.2) is 49.0 Å². The van der Waals surface area contributed by atoms with Gasteiger partial charge in [-0.3, -0.25) is 4.99 Å². The molecule has 3 N–H and O–H groups in total. The number of hydrogen-bond acceptors (Lipinski definition) is 3. The Balaban J connectivity index is 2.48. The molecule has 1 unspecified atom stereocenters. The molecule has 0 aromatic rings. The van der Waals surface area contributed by atoms with Crippen LogP contribution < -0.4 is 10.6 Å². The van der Waals surface area contributed by atoms with Gasteiger partial charge in [0.25, 0.3) is 0 Å². The summed E-state index contributed by atoms with van der Waals surface area (Å²) in [6.45, 7) is 11.2. The van der Waals surface area contributed by atoms with E-state index in [1.165, 1.54) is 6.42 Å². The molecular weight excluding hydrogens is 266 g/mol. The number of hydrogen-bond donors (Lipinski definition) is 3. The zero-order valence-electron chi connectivity index (χ0n) is 14.1. The molecule has 0 spiro atoms. The summed E-state index contributed by atoms with van der Waals surface area (Å²) in [5.74, 6) is 1.52. The fourth-order valence-corrected chi connectivity index (χ4v) is 2.34. The lowest BCUT2D eigenvalue weighted by atomic mass is 9.95. The summed E-state index contributed by atoms with van der Waals surface area (Å²) in [4.78, 5) is 4.56. The number of aliphatic hydroxyl groups is 1. The number of nitrogens with one attached hydrogen (secondary N) is 2. The molecule has 1 heterocycles. The number of nitrogens with zero attached hydrogens (tertiary/aromatic N) is 1. The molecule has 0 saturated carbocycles. The Bertz CT molecular complexity index is 313. The zero-order valence-corrected chi connectivity index (χ0v) is 14.1. The monoisotopic (exact) mass is 299 g/mol. The average Bonchev–Trinajstić information content (AvgIpc) is 2.44. The topological polar surface area (TPSA) is 65.9 Å². The predicted octanol–water partition coefficient (Wildman–Crippen LogP) is 1.91. The van der Waals surface area contributed by atoms with Gasteiger partial charge in [0.15, 0.2) is 5.96 Å². The van der Waals surface area contributed by atoms with Crippen LogP contribution >= 0.6 is 0 Å². The van der Waals surface area contributed by atoms with E-state index in [9.17, 15) is 5.11 Å². The maximum Gasteiger partial charge on any atom is 0.191 e. The van der Waals surface area contributed by atoms with Crippen LogP contribution in [0.15, 0.2) is 4.99 Å². The molecule has 1 fully saturated rings. The van der Waals surface area contributed by atoms with E-state index in [1.54, 1.807) is 0 Å². The fraction of sp³-hybridized carbons (Fsp3) is 0.938. The van der Waals surface area contributed by atoms with Gasteiger partial charge in [-0.05, 0) is 32.6 Å². The van der Waals surface area contributed by atoms with Crippen molar-refractivity contribution in [2.24, 2.45) is 10.9 Å². The Morgan fingerprint density at radius 2 is 1.90 bits per heavy atom. The Morgan fingerprint density at radius 3 is 2.48 bits per heavy atom. The van der Waals surface area contributed by atoms with E-state index in [-0.39, 0.29) is 0 Å². The van der Waals surface area contributed by atoms with Crippen LogP contribution in [0, 0.1) is 5.92 Å². The fourth-order valence-electron chi connectivity index (χ4n) is 2.34. The number of aliphatic imine (C=N–C) groups is 1. The first-order valence-electron chi connectivity index (χ1n) is 8.30. The summed E-state index contributed by atoms with van der Waals surface area (Å²) in [7, 11) is 0. The van der Waals surface area contributed by atoms with Crippen LogP contribution in [0.25, 0.3) is 0 Å². The van der Waals surface area contributed by atoms with Crippen molar-refractivity contribution in [3.63, 3.8) is 0 Å². The highest BCUT2D eigenvalue weighted by molar-refractivity contribution is 5.80. The van der Waals surface area contributed by atoms with E-state index in [1.807, 2.05) is 0 Å². The van der Waals surface area contributed by atoms with Crippen molar-refractivity contribution < 1.29 is 9.84 Å². The number of ether oxygens (including phenoxy) is 1. The highest BCUT2D eigenvalue weighted by Crippen LogP contribution is 2.20. The SMILES string of the molecule is CCNC(=NCC1(O)CCOCC1)NC(C)CCC(C)C. The molecule has 0 aromatic carbocycles. The predicted molar refractivity (Wildman–Crippen MR) is 87.7 cm³/mol. The van der Waals surface area contributed by atoms with Gasteiger partial charge >= 0.3 is 0 Å². The minimum Gasteiger partial charge on any atom is -0.388 e. The van der Waals surface area contributed by atoms with Crippen LogP contribution in [-0.2, 0) is 4.74 Å². The molecule has 0 radical (unpaired) electrons. The largest absolute Gasteiger partial charge is 0.388 e. The molecule has 0 amide bonds. The first-order valence-corrected chi connectivity index (χ1v) is 8.30. The van der Waals surface area contributed by atoms with Gasteiger partial charge < -0.3 is 20.5 Å². The van der Waals surface area contributed by atoms with Crippen LogP contribution in [0.2, 0.25) is 0 Å². The lowest BCUT2D eigenvalue weighted by molar-refractivity contribution is -0.0566. The summed E-state index contributed by atoms with van der Waals surface area (Å²) in [5, 5.41) is 17.1. The zero-order chi connectivity index (χ0) is 15.7. The smallest absolute Gasteiger partial charge is 0.191 e. The van der Waals surface area contributed by atoms with E-state index in [4.69, 9.17) is 4.74 Å². The van der Waals surface area contributed by atoms with Crippen molar-refractivity contribution in [1.82, 2.24) is 10.6 Å². The first-order chi connectivity index (χ1) is 9.95. The molecule has 124 valence electrons. The summed E-state index contributed by atoms with van der Waals surface area (Å²) in [6.07, 6.45) is 3.66. The second-order valence-electron chi connectivity index (χ2n) is 6.55. The first kappa shape index (κ1) is 18.2. The highest BCUT2D eigenvalue weighted by Gasteiger charge is 2.29. The summed E-state index contributed by atoms with van der Waals surface area (Å²) in [5.41, 5.74) is -0.707. The number of rotatable bonds is 7. The lowest BCUT2D eigenvalue weighted by Crippen LogP contribution is -2.45. The minimum atomic E-state index is -0.707. The molecule has 5 nitrogen and oxygen atoms in total. The summed E-state index contributed by atoms with van der Waals surface area (Å²) in [6, 6.07) is 0.384. The van der Waals surface area contributed by atoms with Gasteiger partial charge in [-0.15, -0.1) is 0 Å². The average molecular weight is 299 g/mol. The van der Waals surface area contributed by atoms with E-state index >= 15 is 0 Å². The van der Waals surface area contributed by atoms with Gasteiger partial charge in [0.1, 0.15) is 0 Å². The summed E-state index contributed by atoms with van der Waals surface area (Å²) >= 11 is 0. The van der Waals surface area contributed by atoms with Gasteiger partial charge in [-0.1, -0.05) is 13.8 Å². The molecule has 5 heteroatoms. The Morgan fingerprint density at radius 1 is 1.24 bits per heavy atom. The molecular formula is C16H33N3O2. The van der Waals surface area contributed by atoms with Crippen molar-refractivity contribution in [2.45, 2.75) is 65.0 Å². The Kier molecular flexibility index (Phi) is 8.04. The maximum atomic E-state index is 10.5. The van der Waals surface area contributed by atoms with Crippen LogP contribution in [0.4, 0.5) is 0 Å². The Labute approximate surface area is 129 Å². The van der Waals surface area contributed by atoms with Crippen molar-refractivity contribution in [3.8, 4) is 0 Å². The highest BCUT2D eigenvalue weighted by atomic mass is 16.5. The third kappa shape index (κ3) is 7.67. The van der Waals surface area contributed by atoms with Crippen LogP contribution in [0.1, 0.15) is 53.4 Å². The number of guanidine groups is 1. The standard InChI is InChI=1S/C16H33N3O2/c1-5-17-15(19-14(4)7-6-13(2)3)18-12-16(20)8-10-21-11-9-16/h13-14,20H,5-12H2,1-4H3,(H2,17,18,19). The van der Waals surface area contributed by atoms with Crippen LogP contribution in [0.3, 0.4) is 0 Å². The van der Waals surface area contributed by atoms with Gasteiger partial charge in [0.2, 0.25) is 0 Å². The molecule has 1 aliphatic rings. The third-order valence-corrected chi connectivity index (χ3v) is 3.86. The van der Waals surface area contributed by atoms with E-state index in [2.05, 4.69) is 43.3 Å². The minimum absolute atomic E-state index is 0.384. The van der Waals surface area contributed by atoms with Gasteiger partial charge in [-0.25, -0.2) is 0 Å². The molecule has 0 aromatic heterocycles. The molecule has 0 aliphatic carbocycles. The second kappa shape index (κ2) is 9.26. The van der Waals surface area contributed by atoms with Gasteiger partial charge in [0, 0.05) is 38.6 Å². The van der Waals surface area contributed by atoms with Crippen molar-refractivity contribution >= 4 is 5.96 Å². The quantitative estimate of drug-likeness (QED) is 0.496. The lowest BCUT2D eigenvalue weighted by Gasteiger charge is -2.30. The van der Waals surface area contributed by atoms with E-state index < -0.39 is 5.60 Å². The third-order valence-electron chi connectivity index (χ3n) is 3.86. The van der Waals surface area contributed by atoms with Crippen LogP contribution in [0.5, 0.6) is 0 Å². The summed E-state index contributed by atoms with van der Waals surface area (Å²) < 4.78 is 5.30. The molecule has 1 saturated heterocycles. The van der Waals surface area contributed by atoms with Gasteiger partial charge in [0.05, 0.1) is 12.1 Å². The van der Waals surface area contributed by atoms with E-state index in [0.29, 0.717) is 38.6 Å². The second-order valence-corrected chi connectivity index (χ2v) is 6.55. The van der Waals surface area contributed by atoms with Crippen molar-refractivity contribution in [2.75, 3.05) is 26.3 Å². The van der Waals surface area contributed by atoms with Crippen molar-refractivity contribution in [3.05, 3.63) is 0 Å². The molecule has 1 atom stereocenters. The Hall–Kier alpha value is -0.810. The van der Waals surface area contributed by atoms with Crippen molar-refractivity contribution in [1.29, 1.82) is 0 Å². The molecule has 1 rings (SSSR count).